The van der Waals surface area contributed by atoms with Gasteiger partial charge in [-0.3, -0.25) is 0 Å². The van der Waals surface area contributed by atoms with Gasteiger partial charge in [-0.25, -0.2) is 0 Å². The first-order chi connectivity index (χ1) is 12.5. The molecule has 1 radical (unpaired) electrons. The summed E-state index contributed by atoms with van der Waals surface area (Å²) in [5.74, 6) is 0. The second-order valence-corrected chi connectivity index (χ2v) is 20.8. The van der Waals surface area contributed by atoms with E-state index in [1.807, 2.05) is 13.0 Å². The van der Waals surface area contributed by atoms with Crippen molar-refractivity contribution >= 4 is 37.0 Å². The van der Waals surface area contributed by atoms with Crippen LogP contribution in [0.1, 0.15) is 32.8 Å². The van der Waals surface area contributed by atoms with Gasteiger partial charge in [-0.05, 0) is 31.0 Å². The van der Waals surface area contributed by atoms with Crippen molar-refractivity contribution in [2.24, 2.45) is 0 Å². The van der Waals surface area contributed by atoms with Crippen molar-refractivity contribution in [2.75, 3.05) is 6.61 Å². The van der Waals surface area contributed by atoms with E-state index in [-0.39, 0.29) is 6.10 Å². The molecule has 1 aromatic carbocycles. The van der Waals surface area contributed by atoms with Gasteiger partial charge < -0.3 is 13.1 Å². The first kappa shape index (κ1) is 24.5. The monoisotopic (exact) mass is 422 g/mol. The van der Waals surface area contributed by atoms with Crippen LogP contribution in [0.4, 0.5) is 0 Å². The van der Waals surface area contributed by atoms with Crippen molar-refractivity contribution in [3.63, 3.8) is 0 Å². The third-order valence-electron chi connectivity index (χ3n) is 4.69. The molecule has 1 aromatic rings. The molecule has 2 atom stereocenters. The molecule has 0 aromatic heterocycles. The van der Waals surface area contributed by atoms with E-state index in [4.69, 9.17) is 8.85 Å². The van der Waals surface area contributed by atoms with Gasteiger partial charge in [-0.1, -0.05) is 83.1 Å². The van der Waals surface area contributed by atoms with E-state index in [1.165, 1.54) is 5.19 Å². The predicted octanol–water partition coefficient (Wildman–Crippen LogP) is 5.22. The zero-order valence-corrected chi connectivity index (χ0v) is 21.9. The molecule has 0 N–H and O–H groups in total. The molecule has 0 aliphatic carbocycles. The molecule has 0 saturated carbocycles. The molecule has 0 heterocycles. The van der Waals surface area contributed by atoms with Gasteiger partial charge >= 0.3 is 9.28 Å². The van der Waals surface area contributed by atoms with Crippen molar-refractivity contribution in [3.05, 3.63) is 36.4 Å². The van der Waals surface area contributed by atoms with Crippen LogP contribution in [0, 0.1) is 0 Å². The normalized spacial score (nSPS) is 15.2. The quantitative estimate of drug-likeness (QED) is 0.456. The third-order valence-corrected chi connectivity index (χ3v) is 14.2. The van der Waals surface area contributed by atoms with E-state index in [9.17, 15) is 0 Å². The number of nitrogens with zero attached hydrogens (tertiary/aromatic N) is 1. The fourth-order valence-electron chi connectivity index (χ4n) is 4.04. The highest BCUT2D eigenvalue weighted by atomic mass is 28.4. The molecule has 0 aliphatic rings. The Labute approximate surface area is 171 Å². The Morgan fingerprint density at radius 3 is 1.93 bits per heavy atom. The van der Waals surface area contributed by atoms with Gasteiger partial charge in [0.05, 0.1) is 6.10 Å². The summed E-state index contributed by atoms with van der Waals surface area (Å²) in [6.07, 6.45) is 3.12. The van der Waals surface area contributed by atoms with Gasteiger partial charge in [0, 0.05) is 12.6 Å². The van der Waals surface area contributed by atoms with Crippen molar-refractivity contribution in [1.82, 2.24) is 4.23 Å². The van der Waals surface area contributed by atoms with Crippen LogP contribution in [0.25, 0.3) is 6.08 Å². The Hall–Kier alpha value is -0.509. The first-order valence-corrected chi connectivity index (χ1v) is 18.4. The number of hydrogen-bond acceptors (Lipinski definition) is 3. The maximum Gasteiger partial charge on any atom is 0.423 e. The molecule has 0 bridgehead atoms. The molecule has 1 rings (SSSR count). The first-order valence-electron chi connectivity index (χ1n) is 10.1. The summed E-state index contributed by atoms with van der Waals surface area (Å²) in [5.41, 5.74) is 1.12. The van der Waals surface area contributed by atoms with Crippen LogP contribution < -0.4 is 5.19 Å². The number of rotatable bonds is 11. The van der Waals surface area contributed by atoms with Crippen LogP contribution >= 0.6 is 0 Å². The highest BCUT2D eigenvalue weighted by molar-refractivity contribution is 6.89. The van der Waals surface area contributed by atoms with Crippen LogP contribution in [-0.2, 0) is 8.85 Å². The maximum absolute atomic E-state index is 6.63. The minimum Gasteiger partial charge on any atom is -0.390 e. The zero-order valence-electron chi connectivity index (χ0n) is 18.9. The molecular weight excluding hydrogens is 382 g/mol. The van der Waals surface area contributed by atoms with Crippen LogP contribution in [0.15, 0.2) is 30.8 Å². The van der Waals surface area contributed by atoms with Crippen molar-refractivity contribution in [1.29, 1.82) is 0 Å². The topological polar surface area (TPSA) is 21.7 Å². The maximum atomic E-state index is 6.63. The second kappa shape index (κ2) is 10.3. The Morgan fingerprint density at radius 2 is 1.56 bits per heavy atom. The fraction of sp³-hybridized carbons (Fsp3) is 0.619. The van der Waals surface area contributed by atoms with Gasteiger partial charge in [0.2, 0.25) is 0 Å². The van der Waals surface area contributed by atoms with E-state index in [0.29, 0.717) is 12.6 Å². The standard InChI is InChI=1S/C21H40NO2Si3/c1-11-19-14-16-20(17-15-19)25(23-13-3)24-18(4)21(12-2)22(26(5,6)7)27(8,9)10/h11,14-18,21H,1,12-13H2,2-10H3. The average Bonchev–Trinajstić information content (AvgIpc) is 2.56. The molecule has 0 fully saturated rings. The van der Waals surface area contributed by atoms with Crippen LogP contribution in [0.2, 0.25) is 39.3 Å². The van der Waals surface area contributed by atoms with E-state index in [1.54, 1.807) is 0 Å². The zero-order chi connectivity index (χ0) is 20.8. The van der Waals surface area contributed by atoms with Gasteiger partial charge in [-0.15, -0.1) is 0 Å². The molecule has 27 heavy (non-hydrogen) atoms. The molecule has 2 unspecified atom stereocenters. The van der Waals surface area contributed by atoms with Gasteiger partial charge in [0.25, 0.3) is 0 Å². The molecule has 0 amide bonds. The largest absolute Gasteiger partial charge is 0.423 e. The predicted molar refractivity (Wildman–Crippen MR) is 127 cm³/mol. The molecular formula is C21H40NO2Si3. The van der Waals surface area contributed by atoms with Crippen LogP contribution in [0.5, 0.6) is 0 Å². The van der Waals surface area contributed by atoms with Crippen LogP contribution in [0.3, 0.4) is 0 Å². The molecule has 0 spiro atoms. The summed E-state index contributed by atoms with van der Waals surface area (Å²) in [4.78, 5) is 0. The third kappa shape index (κ3) is 7.11. The highest BCUT2D eigenvalue weighted by Crippen LogP contribution is 2.27. The highest BCUT2D eigenvalue weighted by Gasteiger charge is 2.41. The van der Waals surface area contributed by atoms with Crippen molar-refractivity contribution < 1.29 is 8.85 Å². The summed E-state index contributed by atoms with van der Waals surface area (Å²) in [6, 6.07) is 8.88. The minimum atomic E-state index is -1.50. The van der Waals surface area contributed by atoms with E-state index < -0.39 is 25.8 Å². The lowest BCUT2D eigenvalue weighted by Gasteiger charge is -2.50. The van der Waals surface area contributed by atoms with Gasteiger partial charge in [-0.2, -0.15) is 0 Å². The fourth-order valence-corrected chi connectivity index (χ4v) is 16.4. The summed E-state index contributed by atoms with van der Waals surface area (Å²) in [5, 5.41) is 1.17. The van der Waals surface area contributed by atoms with Gasteiger partial charge in [0.15, 0.2) is 0 Å². The van der Waals surface area contributed by atoms with Crippen molar-refractivity contribution in [2.45, 2.75) is 78.6 Å². The summed E-state index contributed by atoms with van der Waals surface area (Å²) < 4.78 is 15.6. The second-order valence-electron chi connectivity index (χ2n) is 9.06. The average molecular weight is 423 g/mol. The molecule has 0 aliphatic heterocycles. The lowest BCUT2D eigenvalue weighted by molar-refractivity contribution is 0.110. The molecule has 153 valence electrons. The van der Waals surface area contributed by atoms with Crippen molar-refractivity contribution in [3.8, 4) is 0 Å². The molecule has 0 saturated heterocycles. The Morgan fingerprint density at radius 1 is 1.04 bits per heavy atom. The molecule has 3 nitrogen and oxygen atoms in total. The lowest BCUT2D eigenvalue weighted by atomic mass is 10.1. The van der Waals surface area contributed by atoms with E-state index in [2.05, 4.69) is 88.2 Å². The SMILES string of the molecule is C=Cc1ccc([Si](OCC)OC(C)C(CC)N([Si](C)(C)C)[Si](C)(C)C)cc1. The Balaban J connectivity index is 3.09. The summed E-state index contributed by atoms with van der Waals surface area (Å²) in [7, 11) is -4.42. The summed E-state index contributed by atoms with van der Waals surface area (Å²) in [6.45, 7) is 25.9. The lowest BCUT2D eigenvalue weighted by Crippen LogP contribution is -2.66. The summed E-state index contributed by atoms with van der Waals surface area (Å²) >= 11 is 0. The number of hydrogen-bond donors (Lipinski definition) is 0. The van der Waals surface area contributed by atoms with Crippen LogP contribution in [-0.4, -0.2) is 48.7 Å². The minimum absolute atomic E-state index is 0.146. The Bertz CT molecular complexity index is 565. The van der Waals surface area contributed by atoms with E-state index in [0.717, 1.165) is 12.0 Å². The van der Waals surface area contributed by atoms with Gasteiger partial charge in [0.1, 0.15) is 16.5 Å². The Kier molecular flexibility index (Phi) is 9.38. The molecule has 6 heteroatoms. The number of benzene rings is 1. The smallest absolute Gasteiger partial charge is 0.390 e. The van der Waals surface area contributed by atoms with E-state index >= 15 is 0 Å².